The Balaban J connectivity index is 0.00000512. The molecule has 32 heavy (non-hydrogen) atoms. The predicted octanol–water partition coefficient (Wildman–Crippen LogP) is 4.25. The molecule has 1 aromatic carbocycles. The minimum atomic E-state index is 0. The summed E-state index contributed by atoms with van der Waals surface area (Å²) in [5, 5.41) is 11.2. The average Bonchev–Trinajstić information content (AvgIpc) is 3.30. The second kappa shape index (κ2) is 15.2. The van der Waals surface area contributed by atoms with Crippen LogP contribution in [0, 0.1) is 0 Å². The van der Waals surface area contributed by atoms with Crippen LogP contribution in [-0.2, 0) is 6.42 Å². The highest BCUT2D eigenvalue weighted by atomic mass is 127. The van der Waals surface area contributed by atoms with Gasteiger partial charge in [0.05, 0.1) is 12.6 Å². The van der Waals surface area contributed by atoms with Gasteiger partial charge in [-0.15, -0.1) is 24.0 Å². The fraction of sp³-hybridized carbons (Fsp3) is 0.500. The quantitative estimate of drug-likeness (QED) is 0.241. The molecule has 2 rings (SSSR count). The minimum Gasteiger partial charge on any atom is -0.357 e. The summed E-state index contributed by atoms with van der Waals surface area (Å²) < 4.78 is 0. The van der Waals surface area contributed by atoms with Crippen molar-refractivity contribution in [1.82, 2.24) is 20.4 Å². The van der Waals surface area contributed by atoms with Crippen molar-refractivity contribution in [3.8, 4) is 0 Å². The lowest BCUT2D eigenvalue weighted by Gasteiger charge is -2.28. The molecule has 0 spiro atoms. The Morgan fingerprint density at radius 2 is 1.88 bits per heavy atom. The zero-order chi connectivity index (χ0) is 22.6. The van der Waals surface area contributed by atoms with Crippen molar-refractivity contribution in [1.29, 1.82) is 0 Å². The monoisotopic (exact) mass is 571 g/mol. The van der Waals surface area contributed by atoms with E-state index in [1.54, 1.807) is 30.3 Å². The zero-order valence-electron chi connectivity index (χ0n) is 19.9. The SMILES string of the molecule is CCNC(=NCC(c1ccsc1)N(CC)CC)NCCc1cccc(C(=O)N(C)C)c1.I. The van der Waals surface area contributed by atoms with Crippen LogP contribution in [0.5, 0.6) is 0 Å². The number of hydrogen-bond acceptors (Lipinski definition) is 4. The number of nitrogens with one attached hydrogen (secondary N) is 2. The van der Waals surface area contributed by atoms with E-state index in [-0.39, 0.29) is 35.9 Å². The van der Waals surface area contributed by atoms with E-state index in [1.807, 2.05) is 18.2 Å². The Morgan fingerprint density at radius 3 is 2.47 bits per heavy atom. The lowest BCUT2D eigenvalue weighted by molar-refractivity contribution is 0.0827. The van der Waals surface area contributed by atoms with Gasteiger partial charge in [0.1, 0.15) is 0 Å². The second-order valence-electron chi connectivity index (χ2n) is 7.59. The molecule has 8 heteroatoms. The van der Waals surface area contributed by atoms with Crippen LogP contribution in [0.2, 0.25) is 0 Å². The molecule has 0 aliphatic heterocycles. The zero-order valence-corrected chi connectivity index (χ0v) is 23.1. The van der Waals surface area contributed by atoms with Gasteiger partial charge < -0.3 is 15.5 Å². The molecule has 1 unspecified atom stereocenters. The van der Waals surface area contributed by atoms with Crippen molar-refractivity contribution in [3.05, 3.63) is 57.8 Å². The number of carbonyl (C=O) groups excluding carboxylic acids is 1. The van der Waals surface area contributed by atoms with E-state index < -0.39 is 0 Å². The van der Waals surface area contributed by atoms with Gasteiger partial charge in [-0.1, -0.05) is 26.0 Å². The maximum atomic E-state index is 12.2. The molecule has 1 amide bonds. The topological polar surface area (TPSA) is 60.0 Å². The Labute approximate surface area is 214 Å². The highest BCUT2D eigenvalue weighted by molar-refractivity contribution is 14.0. The van der Waals surface area contributed by atoms with Gasteiger partial charge in [0.15, 0.2) is 5.96 Å². The standard InChI is InChI=1S/C24H37N5OS.HI/c1-6-25-24(27-17-22(29(7-2)8-3)21-13-15-31-18-21)26-14-12-19-10-9-11-20(16-19)23(30)28(4)5;/h9-11,13,15-16,18,22H,6-8,12,14,17H2,1-5H3,(H2,25,26,27);1H. The van der Waals surface area contributed by atoms with Gasteiger partial charge in [0, 0.05) is 32.7 Å². The molecule has 6 nitrogen and oxygen atoms in total. The fourth-order valence-electron chi connectivity index (χ4n) is 3.52. The van der Waals surface area contributed by atoms with Crippen LogP contribution in [0.25, 0.3) is 0 Å². The van der Waals surface area contributed by atoms with E-state index >= 15 is 0 Å². The summed E-state index contributed by atoms with van der Waals surface area (Å²) >= 11 is 1.73. The first-order chi connectivity index (χ1) is 15.0. The number of thiophene rings is 1. The summed E-state index contributed by atoms with van der Waals surface area (Å²) in [7, 11) is 3.55. The molecular weight excluding hydrogens is 533 g/mol. The number of guanidine groups is 1. The summed E-state index contributed by atoms with van der Waals surface area (Å²) in [6.07, 6.45) is 0.822. The van der Waals surface area contributed by atoms with Crippen molar-refractivity contribution in [2.75, 3.05) is 46.8 Å². The Bertz CT molecular complexity index is 822. The van der Waals surface area contributed by atoms with Gasteiger partial charge in [-0.2, -0.15) is 11.3 Å². The lowest BCUT2D eigenvalue weighted by atomic mass is 10.1. The number of benzene rings is 1. The van der Waals surface area contributed by atoms with E-state index in [2.05, 4.69) is 59.2 Å². The average molecular weight is 572 g/mol. The van der Waals surface area contributed by atoms with Crippen LogP contribution in [0.3, 0.4) is 0 Å². The highest BCUT2D eigenvalue weighted by Crippen LogP contribution is 2.23. The minimum absolute atomic E-state index is 0. The smallest absolute Gasteiger partial charge is 0.253 e. The van der Waals surface area contributed by atoms with Crippen molar-refractivity contribution in [3.63, 3.8) is 0 Å². The molecule has 0 fully saturated rings. The molecule has 0 bridgehead atoms. The Hall–Kier alpha value is -1.65. The summed E-state index contributed by atoms with van der Waals surface area (Å²) in [5.41, 5.74) is 3.19. The number of amides is 1. The summed E-state index contributed by atoms with van der Waals surface area (Å²) in [5.74, 6) is 0.857. The van der Waals surface area contributed by atoms with E-state index in [0.717, 1.165) is 49.7 Å². The first-order valence-electron chi connectivity index (χ1n) is 11.1. The molecule has 0 aliphatic rings. The van der Waals surface area contributed by atoms with Crippen LogP contribution in [0.1, 0.15) is 48.3 Å². The third kappa shape index (κ3) is 8.71. The van der Waals surface area contributed by atoms with Gasteiger partial charge >= 0.3 is 0 Å². The van der Waals surface area contributed by atoms with E-state index in [4.69, 9.17) is 4.99 Å². The van der Waals surface area contributed by atoms with Crippen LogP contribution < -0.4 is 10.6 Å². The van der Waals surface area contributed by atoms with Gasteiger partial charge in [0.25, 0.3) is 5.91 Å². The van der Waals surface area contributed by atoms with E-state index in [1.165, 1.54) is 5.56 Å². The fourth-order valence-corrected chi connectivity index (χ4v) is 4.23. The van der Waals surface area contributed by atoms with Crippen LogP contribution in [-0.4, -0.2) is 68.5 Å². The molecule has 178 valence electrons. The van der Waals surface area contributed by atoms with Crippen molar-refractivity contribution in [2.45, 2.75) is 33.2 Å². The van der Waals surface area contributed by atoms with Crippen molar-refractivity contribution < 1.29 is 4.79 Å². The molecule has 0 radical (unpaired) electrons. The van der Waals surface area contributed by atoms with E-state index in [0.29, 0.717) is 6.54 Å². The molecule has 0 aliphatic carbocycles. The largest absolute Gasteiger partial charge is 0.357 e. The number of hydrogen-bond donors (Lipinski definition) is 2. The Morgan fingerprint density at radius 1 is 1.12 bits per heavy atom. The second-order valence-corrected chi connectivity index (χ2v) is 8.37. The number of halogens is 1. The van der Waals surface area contributed by atoms with E-state index in [9.17, 15) is 4.79 Å². The molecular formula is C24H38IN5OS. The molecule has 0 saturated carbocycles. The number of aliphatic imine (C=N–C) groups is 1. The third-order valence-electron chi connectivity index (χ3n) is 5.23. The van der Waals surface area contributed by atoms with Crippen LogP contribution >= 0.6 is 35.3 Å². The maximum Gasteiger partial charge on any atom is 0.253 e. The Kier molecular flexibility index (Phi) is 13.5. The molecule has 1 heterocycles. The van der Waals surface area contributed by atoms with Crippen LogP contribution in [0.15, 0.2) is 46.1 Å². The van der Waals surface area contributed by atoms with Crippen LogP contribution in [0.4, 0.5) is 0 Å². The predicted molar refractivity (Wildman–Crippen MR) is 148 cm³/mol. The maximum absolute atomic E-state index is 12.2. The number of nitrogens with zero attached hydrogens (tertiary/aromatic N) is 3. The molecule has 2 aromatic rings. The first-order valence-corrected chi connectivity index (χ1v) is 12.0. The van der Waals surface area contributed by atoms with Gasteiger partial charge in [0.2, 0.25) is 0 Å². The lowest BCUT2D eigenvalue weighted by Crippen LogP contribution is -2.39. The summed E-state index contributed by atoms with van der Waals surface area (Å²) in [6, 6.07) is 10.3. The molecule has 1 aromatic heterocycles. The number of likely N-dealkylation sites (N-methyl/N-ethyl adjacent to an activating group) is 1. The summed E-state index contributed by atoms with van der Waals surface area (Å²) in [4.78, 5) is 21.1. The van der Waals surface area contributed by atoms with Gasteiger partial charge in [-0.05, 0) is 66.5 Å². The number of rotatable bonds is 11. The van der Waals surface area contributed by atoms with Crippen molar-refractivity contribution >= 4 is 47.2 Å². The number of carbonyl (C=O) groups is 1. The third-order valence-corrected chi connectivity index (χ3v) is 5.94. The van der Waals surface area contributed by atoms with Gasteiger partial charge in [-0.25, -0.2) is 0 Å². The summed E-state index contributed by atoms with van der Waals surface area (Å²) in [6.45, 7) is 10.7. The van der Waals surface area contributed by atoms with Gasteiger partial charge in [-0.3, -0.25) is 14.7 Å². The molecule has 2 N–H and O–H groups in total. The highest BCUT2D eigenvalue weighted by Gasteiger charge is 2.18. The van der Waals surface area contributed by atoms with Crippen molar-refractivity contribution in [2.24, 2.45) is 4.99 Å². The molecule has 0 saturated heterocycles. The first kappa shape index (κ1) is 28.4. The molecule has 1 atom stereocenters. The normalized spacial score (nSPS) is 12.2.